The average molecular weight is 483 g/mol. The van der Waals surface area contributed by atoms with E-state index in [9.17, 15) is 9.59 Å². The van der Waals surface area contributed by atoms with Gasteiger partial charge in [-0.05, 0) is 104 Å². The molecule has 0 unspecified atom stereocenters. The number of carbonyl (C=O) groups is 2. The molecule has 3 fully saturated rings. The van der Waals surface area contributed by atoms with E-state index in [2.05, 4.69) is 30.4 Å². The van der Waals surface area contributed by atoms with Crippen LogP contribution in [0.1, 0.15) is 77.0 Å². The highest BCUT2D eigenvalue weighted by Crippen LogP contribution is 2.66. The molecule has 1 aromatic heterocycles. The van der Waals surface area contributed by atoms with Crippen molar-refractivity contribution in [1.82, 2.24) is 5.32 Å². The van der Waals surface area contributed by atoms with Crippen molar-refractivity contribution >= 4 is 28.7 Å². The molecule has 5 rings (SSSR count). The van der Waals surface area contributed by atoms with Gasteiger partial charge in [0.1, 0.15) is 5.78 Å². The van der Waals surface area contributed by atoms with Crippen LogP contribution in [0.3, 0.4) is 0 Å². The Bertz CT molecular complexity index is 999. The molecule has 5 nitrogen and oxygen atoms in total. The van der Waals surface area contributed by atoms with Gasteiger partial charge in [-0.1, -0.05) is 30.6 Å². The lowest BCUT2D eigenvalue weighted by Crippen LogP contribution is -2.51. The molecular formula is C28H38N2O3S. The molecule has 4 aliphatic rings. The fourth-order valence-electron chi connectivity index (χ4n) is 8.13. The third kappa shape index (κ3) is 4.16. The first-order valence-corrected chi connectivity index (χ1v) is 13.9. The number of oxime groups is 1. The average Bonchev–Trinajstić information content (AvgIpc) is 3.45. The summed E-state index contributed by atoms with van der Waals surface area (Å²) >= 11 is 1.63. The second-order valence-electron chi connectivity index (χ2n) is 11.5. The van der Waals surface area contributed by atoms with Gasteiger partial charge in [-0.2, -0.15) is 0 Å². The topological polar surface area (TPSA) is 67.8 Å². The maximum atomic E-state index is 12.4. The molecule has 0 radical (unpaired) electrons. The number of nitrogens with zero attached hydrogens (tertiary/aromatic N) is 1. The normalized spacial score (nSPS) is 37.9. The van der Waals surface area contributed by atoms with Crippen LogP contribution in [0.2, 0.25) is 0 Å². The fourth-order valence-corrected chi connectivity index (χ4v) is 8.78. The van der Waals surface area contributed by atoms with Gasteiger partial charge in [0.05, 0.1) is 12.3 Å². The van der Waals surface area contributed by atoms with E-state index in [0.29, 0.717) is 24.2 Å². The molecule has 6 atom stereocenters. The van der Waals surface area contributed by atoms with Gasteiger partial charge in [-0.15, -0.1) is 11.3 Å². The number of fused-ring (bicyclic) bond motifs is 5. The fraction of sp³-hybridized carbons (Fsp3) is 0.679. The van der Waals surface area contributed by atoms with Crippen molar-refractivity contribution in [3.63, 3.8) is 0 Å². The SMILES string of the molecule is CC(=O)[C@H]1CC[C@H]2[C@@H]3CCC4=C/C(=N\OCC(=O)NCc5cccs5)CC[C@]4(C)[C@H]3CC[C@]12C. The number of hydrogen-bond acceptors (Lipinski definition) is 5. The van der Waals surface area contributed by atoms with Crippen LogP contribution in [0.4, 0.5) is 0 Å². The van der Waals surface area contributed by atoms with Gasteiger partial charge in [0.2, 0.25) is 0 Å². The summed E-state index contributed by atoms with van der Waals surface area (Å²) in [5.74, 6) is 2.69. The molecule has 3 saturated carbocycles. The predicted octanol–water partition coefficient (Wildman–Crippen LogP) is 5.90. The first kappa shape index (κ1) is 23.8. The van der Waals surface area contributed by atoms with Gasteiger partial charge in [0, 0.05) is 10.8 Å². The van der Waals surface area contributed by atoms with E-state index >= 15 is 0 Å². The number of allylic oxidation sites excluding steroid dienone is 2. The third-order valence-corrected chi connectivity index (χ3v) is 10.8. The van der Waals surface area contributed by atoms with Crippen molar-refractivity contribution in [2.45, 2.75) is 78.7 Å². The van der Waals surface area contributed by atoms with Crippen LogP contribution in [0.25, 0.3) is 0 Å². The van der Waals surface area contributed by atoms with Crippen molar-refractivity contribution in [3.8, 4) is 0 Å². The monoisotopic (exact) mass is 482 g/mol. The Labute approximate surface area is 207 Å². The summed E-state index contributed by atoms with van der Waals surface area (Å²) in [5, 5.41) is 9.21. The molecule has 1 aromatic rings. The summed E-state index contributed by atoms with van der Waals surface area (Å²) < 4.78 is 0. The van der Waals surface area contributed by atoms with E-state index in [-0.39, 0.29) is 29.3 Å². The maximum Gasteiger partial charge on any atom is 0.261 e. The van der Waals surface area contributed by atoms with Crippen LogP contribution in [0.15, 0.2) is 34.3 Å². The minimum atomic E-state index is -0.141. The van der Waals surface area contributed by atoms with Crippen LogP contribution in [0.5, 0.6) is 0 Å². The molecule has 6 heteroatoms. The van der Waals surface area contributed by atoms with Gasteiger partial charge < -0.3 is 10.2 Å². The second kappa shape index (κ2) is 9.25. The molecule has 0 aliphatic heterocycles. The third-order valence-electron chi connectivity index (χ3n) is 9.89. The molecule has 34 heavy (non-hydrogen) atoms. The molecule has 4 aliphatic carbocycles. The van der Waals surface area contributed by atoms with Crippen molar-refractivity contribution in [2.75, 3.05) is 6.61 Å². The van der Waals surface area contributed by atoms with Crippen LogP contribution >= 0.6 is 11.3 Å². The van der Waals surface area contributed by atoms with Gasteiger partial charge in [-0.3, -0.25) is 9.59 Å². The number of hydrogen-bond donors (Lipinski definition) is 1. The minimum absolute atomic E-state index is 0.0441. The van der Waals surface area contributed by atoms with E-state index in [1.54, 1.807) is 11.3 Å². The van der Waals surface area contributed by atoms with E-state index in [1.807, 2.05) is 24.4 Å². The predicted molar refractivity (Wildman–Crippen MR) is 135 cm³/mol. The molecule has 1 heterocycles. The van der Waals surface area contributed by atoms with E-state index in [1.165, 1.54) is 31.3 Å². The van der Waals surface area contributed by atoms with E-state index < -0.39 is 0 Å². The number of nitrogens with one attached hydrogen (secondary N) is 1. The first-order valence-electron chi connectivity index (χ1n) is 13.0. The lowest BCUT2D eigenvalue weighted by molar-refractivity contribution is -0.128. The lowest BCUT2D eigenvalue weighted by Gasteiger charge is -2.58. The summed E-state index contributed by atoms with van der Waals surface area (Å²) in [4.78, 5) is 31.0. The van der Waals surface area contributed by atoms with Gasteiger partial charge >= 0.3 is 0 Å². The summed E-state index contributed by atoms with van der Waals surface area (Å²) in [5.41, 5.74) is 2.93. The van der Waals surface area contributed by atoms with E-state index in [4.69, 9.17) is 4.84 Å². The Balaban J connectivity index is 1.21. The molecule has 1 N–H and O–H groups in total. The van der Waals surface area contributed by atoms with Crippen LogP contribution in [-0.2, 0) is 21.0 Å². The van der Waals surface area contributed by atoms with Crippen LogP contribution in [0, 0.1) is 34.5 Å². The molecule has 0 bridgehead atoms. The Morgan fingerprint density at radius 2 is 2.00 bits per heavy atom. The van der Waals surface area contributed by atoms with Gasteiger partial charge in [0.25, 0.3) is 5.91 Å². The zero-order chi connectivity index (χ0) is 23.9. The lowest BCUT2D eigenvalue weighted by atomic mass is 9.46. The highest BCUT2D eigenvalue weighted by Gasteiger charge is 2.59. The zero-order valence-electron chi connectivity index (χ0n) is 20.8. The molecule has 0 spiro atoms. The summed E-state index contributed by atoms with van der Waals surface area (Å²) in [6, 6.07) is 3.99. The number of carbonyl (C=O) groups excluding carboxylic acids is 2. The number of ketones is 1. The molecule has 184 valence electrons. The minimum Gasteiger partial charge on any atom is -0.385 e. The quantitative estimate of drug-likeness (QED) is 0.513. The number of amides is 1. The molecular weight excluding hydrogens is 444 g/mol. The summed E-state index contributed by atoms with van der Waals surface area (Å²) in [6.07, 6.45) is 11.4. The summed E-state index contributed by atoms with van der Waals surface area (Å²) in [6.45, 7) is 7.20. The first-order chi connectivity index (χ1) is 16.3. The standard InChI is InChI=1S/C28H38N2O3S/c1-18(31)23-8-9-24-22-7-6-19-15-20(10-12-27(19,2)25(22)11-13-28(23,24)3)30-33-17-26(32)29-16-21-5-4-14-34-21/h4-5,14-15,22-25H,6-13,16-17H2,1-3H3,(H,29,32)/b30-20-/t22-,23+,24-,25-,27-,28+/m0/s1. The summed E-state index contributed by atoms with van der Waals surface area (Å²) in [7, 11) is 0. The maximum absolute atomic E-state index is 12.4. The second-order valence-corrected chi connectivity index (χ2v) is 12.5. The number of rotatable bonds is 6. The zero-order valence-corrected chi connectivity index (χ0v) is 21.6. The van der Waals surface area contributed by atoms with Gasteiger partial charge in [0.15, 0.2) is 6.61 Å². The molecule has 0 aromatic carbocycles. The largest absolute Gasteiger partial charge is 0.385 e. The molecule has 1 amide bonds. The highest BCUT2D eigenvalue weighted by molar-refractivity contribution is 7.09. The Hall–Kier alpha value is -1.95. The van der Waals surface area contributed by atoms with Crippen LogP contribution in [-0.4, -0.2) is 24.0 Å². The van der Waals surface area contributed by atoms with Crippen molar-refractivity contribution < 1.29 is 14.4 Å². The Kier molecular flexibility index (Phi) is 6.47. The molecule has 0 saturated heterocycles. The Morgan fingerprint density at radius 1 is 1.15 bits per heavy atom. The van der Waals surface area contributed by atoms with Crippen molar-refractivity contribution in [1.29, 1.82) is 0 Å². The number of thiophene rings is 1. The smallest absolute Gasteiger partial charge is 0.261 e. The highest BCUT2D eigenvalue weighted by atomic mass is 32.1. The Morgan fingerprint density at radius 3 is 2.76 bits per heavy atom. The van der Waals surface area contributed by atoms with Crippen molar-refractivity contribution in [2.24, 2.45) is 39.7 Å². The van der Waals surface area contributed by atoms with Gasteiger partial charge in [-0.25, -0.2) is 0 Å². The van der Waals surface area contributed by atoms with E-state index in [0.717, 1.165) is 42.2 Å². The van der Waals surface area contributed by atoms with Crippen LogP contribution < -0.4 is 5.32 Å². The van der Waals surface area contributed by atoms with Crippen molar-refractivity contribution in [3.05, 3.63) is 34.0 Å². The number of Topliss-reactive ketones (excluding diaryl/α,β-unsaturated/α-hetero) is 1.